The number of likely N-dealkylation sites (N-methyl/N-ethyl adjacent to an activating group) is 1. The molecule has 2 aliphatic rings. The quantitative estimate of drug-likeness (QED) is 0.579. The first-order chi connectivity index (χ1) is 17.8. The number of hydrogen-bond acceptors (Lipinski definition) is 6. The number of fused-ring (bicyclic) bond motifs is 1. The van der Waals surface area contributed by atoms with Crippen LogP contribution in [0.1, 0.15) is 17.5 Å². The number of rotatable bonds is 8. The first kappa shape index (κ1) is 26.4. The Hall–Kier alpha value is -3.70. The predicted octanol–water partition coefficient (Wildman–Crippen LogP) is 1.81. The fourth-order valence-corrected chi connectivity index (χ4v) is 4.77. The van der Waals surface area contributed by atoms with Gasteiger partial charge in [0.15, 0.2) is 0 Å². The molecular weight excluding hydrogens is 481 g/mol. The molecule has 2 aliphatic heterocycles. The van der Waals surface area contributed by atoms with Gasteiger partial charge in [0.2, 0.25) is 11.8 Å². The van der Waals surface area contributed by atoms with E-state index in [2.05, 4.69) is 5.32 Å². The molecular formula is C26H32FN5O5. The van der Waals surface area contributed by atoms with Crippen LogP contribution in [0.15, 0.2) is 48.5 Å². The minimum atomic E-state index is -0.780. The molecule has 2 saturated heterocycles. The lowest BCUT2D eigenvalue weighted by Crippen LogP contribution is -2.75. The Labute approximate surface area is 215 Å². The van der Waals surface area contributed by atoms with Crippen LogP contribution < -0.4 is 10.1 Å². The van der Waals surface area contributed by atoms with Crippen LogP contribution in [0.2, 0.25) is 0 Å². The van der Waals surface area contributed by atoms with Crippen LogP contribution in [0.25, 0.3) is 0 Å². The van der Waals surface area contributed by atoms with Gasteiger partial charge in [-0.15, -0.1) is 0 Å². The molecule has 2 aromatic rings. The second-order valence-corrected chi connectivity index (χ2v) is 9.09. The van der Waals surface area contributed by atoms with E-state index in [0.29, 0.717) is 6.42 Å². The van der Waals surface area contributed by atoms with Crippen molar-refractivity contribution in [1.82, 2.24) is 25.1 Å². The van der Waals surface area contributed by atoms with Crippen LogP contribution in [-0.2, 0) is 27.4 Å². The maximum Gasteiger partial charge on any atom is 0.334 e. The van der Waals surface area contributed by atoms with Crippen molar-refractivity contribution in [2.75, 3.05) is 41.0 Å². The Bertz CT molecular complexity index is 1110. The zero-order valence-electron chi connectivity index (χ0n) is 21.2. The molecule has 2 heterocycles. The molecule has 0 aliphatic carbocycles. The summed E-state index contributed by atoms with van der Waals surface area (Å²) in [5, 5.41) is 5.99. The lowest BCUT2D eigenvalue weighted by atomic mass is 10.0. The number of nitrogens with one attached hydrogen (secondary N) is 1. The van der Waals surface area contributed by atoms with Crippen LogP contribution in [0, 0.1) is 5.82 Å². The summed E-state index contributed by atoms with van der Waals surface area (Å²) in [4.78, 5) is 43.2. The van der Waals surface area contributed by atoms with Crippen molar-refractivity contribution in [3.8, 4) is 5.75 Å². The molecule has 37 heavy (non-hydrogen) atoms. The van der Waals surface area contributed by atoms with Gasteiger partial charge in [0.25, 0.3) is 0 Å². The average molecular weight is 514 g/mol. The highest BCUT2D eigenvalue weighted by Crippen LogP contribution is 2.28. The van der Waals surface area contributed by atoms with Crippen LogP contribution in [-0.4, -0.2) is 90.8 Å². The van der Waals surface area contributed by atoms with Crippen LogP contribution >= 0.6 is 0 Å². The van der Waals surface area contributed by atoms with E-state index in [9.17, 15) is 18.8 Å². The van der Waals surface area contributed by atoms with Gasteiger partial charge in [0.1, 0.15) is 23.8 Å². The van der Waals surface area contributed by atoms with E-state index in [4.69, 9.17) is 9.47 Å². The second-order valence-electron chi connectivity index (χ2n) is 9.09. The third kappa shape index (κ3) is 5.83. The van der Waals surface area contributed by atoms with Crippen molar-refractivity contribution in [2.24, 2.45) is 0 Å². The van der Waals surface area contributed by atoms with Crippen molar-refractivity contribution in [3.63, 3.8) is 0 Å². The molecule has 10 nitrogen and oxygen atoms in total. The summed E-state index contributed by atoms with van der Waals surface area (Å²) in [6.07, 6.45) is -0.412. The largest absolute Gasteiger partial charge is 0.497 e. The number of ether oxygens (including phenoxy) is 2. The molecule has 2 fully saturated rings. The molecule has 0 saturated carbocycles. The molecule has 2 aromatic carbocycles. The predicted molar refractivity (Wildman–Crippen MR) is 132 cm³/mol. The molecule has 1 N–H and O–H groups in total. The van der Waals surface area contributed by atoms with E-state index in [1.165, 1.54) is 29.2 Å². The van der Waals surface area contributed by atoms with Crippen molar-refractivity contribution < 1.29 is 28.2 Å². The Morgan fingerprint density at radius 1 is 1.05 bits per heavy atom. The van der Waals surface area contributed by atoms with Gasteiger partial charge in [-0.3, -0.25) is 9.59 Å². The van der Waals surface area contributed by atoms with E-state index >= 15 is 0 Å². The number of hydrogen-bond donors (Lipinski definition) is 1. The van der Waals surface area contributed by atoms with Gasteiger partial charge in [-0.2, -0.15) is 0 Å². The molecule has 0 spiro atoms. The van der Waals surface area contributed by atoms with Gasteiger partial charge in [-0.25, -0.2) is 19.2 Å². The molecule has 11 heteroatoms. The topological polar surface area (TPSA) is 94.7 Å². The minimum Gasteiger partial charge on any atom is -0.497 e. The number of carbonyl (C=O) groups is 3. The van der Waals surface area contributed by atoms with E-state index in [0.717, 1.165) is 16.9 Å². The third-order valence-electron chi connectivity index (χ3n) is 6.63. The summed E-state index contributed by atoms with van der Waals surface area (Å²) in [5.41, 5.74) is 1.64. The summed E-state index contributed by atoms with van der Waals surface area (Å²) in [6.45, 7) is 0.856. The number of nitrogens with zero attached hydrogens (tertiary/aromatic N) is 4. The molecule has 4 amide bonds. The average Bonchev–Trinajstić information content (AvgIpc) is 2.89. The smallest absolute Gasteiger partial charge is 0.334 e. The summed E-state index contributed by atoms with van der Waals surface area (Å²) in [6, 6.07) is 12.1. The number of amides is 4. The van der Waals surface area contributed by atoms with Gasteiger partial charge in [-0.1, -0.05) is 24.3 Å². The zero-order valence-corrected chi connectivity index (χ0v) is 21.2. The third-order valence-corrected chi connectivity index (χ3v) is 6.63. The molecule has 0 aromatic heterocycles. The molecule has 198 valence electrons. The van der Waals surface area contributed by atoms with Crippen molar-refractivity contribution in [2.45, 2.75) is 31.7 Å². The minimum absolute atomic E-state index is 0.0405. The lowest BCUT2D eigenvalue weighted by molar-refractivity contribution is -0.188. The van der Waals surface area contributed by atoms with Crippen molar-refractivity contribution in [1.29, 1.82) is 0 Å². The van der Waals surface area contributed by atoms with Crippen molar-refractivity contribution in [3.05, 3.63) is 65.5 Å². The van der Waals surface area contributed by atoms with Crippen LogP contribution in [0.4, 0.5) is 9.18 Å². The number of urea groups is 1. The van der Waals surface area contributed by atoms with E-state index in [1.807, 2.05) is 24.3 Å². The first-order valence-electron chi connectivity index (χ1n) is 12.1. The fourth-order valence-electron chi connectivity index (χ4n) is 4.77. The summed E-state index contributed by atoms with van der Waals surface area (Å²) in [5.74, 6) is -0.107. The van der Waals surface area contributed by atoms with Gasteiger partial charge >= 0.3 is 6.03 Å². The van der Waals surface area contributed by atoms with E-state index < -0.39 is 12.2 Å². The first-order valence-corrected chi connectivity index (χ1v) is 12.1. The Balaban J connectivity index is 1.57. The monoisotopic (exact) mass is 513 g/mol. The van der Waals surface area contributed by atoms with Gasteiger partial charge in [0, 0.05) is 40.3 Å². The fraction of sp³-hybridized carbons (Fsp3) is 0.423. The number of carbonyl (C=O) groups excluding carboxylic acids is 3. The summed E-state index contributed by atoms with van der Waals surface area (Å²) >= 11 is 0. The highest BCUT2D eigenvalue weighted by Gasteiger charge is 2.50. The standard InChI is InChI=1S/C26H32FN5O5/c1-29-17-24(33)31-22(12-13-36-2)25(34)30(15-19-4-8-20(27)9-5-19)16-23(31)32(29)26(35)28-14-18-6-10-21(37-3)11-7-18/h4-11,22-23H,12-17H2,1-3H3,(H,28,35)/t22-,23-/m0/s1. The normalized spacial score (nSPS) is 20.2. The van der Waals surface area contributed by atoms with Crippen LogP contribution in [0.3, 0.4) is 0 Å². The highest BCUT2D eigenvalue weighted by atomic mass is 19.1. The SMILES string of the molecule is COCC[C@H]1C(=O)N(Cc2ccc(F)cc2)C[C@H]2N1C(=O)CN(C)N2C(=O)NCc1ccc(OC)cc1. The van der Waals surface area contributed by atoms with E-state index in [1.54, 1.807) is 36.2 Å². The molecule has 0 unspecified atom stereocenters. The zero-order chi connectivity index (χ0) is 26.5. The second kappa shape index (κ2) is 11.6. The molecule has 2 atom stereocenters. The molecule has 4 rings (SSSR count). The molecule has 0 radical (unpaired) electrons. The van der Waals surface area contributed by atoms with Gasteiger partial charge in [0.05, 0.1) is 20.2 Å². The van der Waals surface area contributed by atoms with Gasteiger partial charge < -0.3 is 24.6 Å². The maximum absolute atomic E-state index is 13.5. The number of piperazine rings is 1. The Morgan fingerprint density at radius 2 is 1.73 bits per heavy atom. The molecule has 0 bridgehead atoms. The number of hydrazine groups is 1. The number of benzene rings is 2. The highest BCUT2D eigenvalue weighted by molar-refractivity contribution is 5.91. The Morgan fingerprint density at radius 3 is 2.38 bits per heavy atom. The summed E-state index contributed by atoms with van der Waals surface area (Å²) in [7, 11) is 4.79. The van der Waals surface area contributed by atoms with Crippen LogP contribution in [0.5, 0.6) is 5.75 Å². The summed E-state index contributed by atoms with van der Waals surface area (Å²) < 4.78 is 23.8. The number of methoxy groups -OCH3 is 2. The van der Waals surface area contributed by atoms with Gasteiger partial charge in [-0.05, 0) is 35.4 Å². The number of halogens is 1. The van der Waals surface area contributed by atoms with Crippen molar-refractivity contribution >= 4 is 17.8 Å². The maximum atomic E-state index is 13.5. The van der Waals surface area contributed by atoms with E-state index in [-0.39, 0.29) is 56.4 Å². The lowest BCUT2D eigenvalue weighted by Gasteiger charge is -2.54. The Kier molecular flexibility index (Phi) is 8.24.